The molecule has 0 unspecified atom stereocenters. The lowest BCUT2D eigenvalue weighted by Gasteiger charge is -2.13. The molecule has 0 aliphatic carbocycles. The second-order valence-electron chi connectivity index (χ2n) is 7.92. The van der Waals surface area contributed by atoms with Crippen LogP contribution in [0.25, 0.3) is 0 Å². The van der Waals surface area contributed by atoms with Crippen molar-refractivity contribution in [1.29, 1.82) is 0 Å². The molecule has 0 spiro atoms. The van der Waals surface area contributed by atoms with Crippen molar-refractivity contribution in [2.75, 3.05) is 5.32 Å². The Hall–Kier alpha value is -3.21. The van der Waals surface area contributed by atoms with Gasteiger partial charge in [0.25, 0.3) is 5.91 Å². The van der Waals surface area contributed by atoms with Crippen LogP contribution in [-0.2, 0) is 12.5 Å². The maximum atomic E-state index is 12.8. The van der Waals surface area contributed by atoms with Gasteiger partial charge in [-0.1, -0.05) is 63.2 Å². The zero-order valence-corrected chi connectivity index (χ0v) is 16.9. The molecule has 0 atom stereocenters. The van der Waals surface area contributed by atoms with Crippen molar-refractivity contribution in [2.24, 2.45) is 7.05 Å². The molecular formula is C23H25N3O2. The van der Waals surface area contributed by atoms with Crippen molar-refractivity contribution < 1.29 is 9.59 Å². The molecule has 0 aliphatic heterocycles. The second kappa shape index (κ2) is 7.43. The number of benzene rings is 2. The molecule has 0 radical (unpaired) electrons. The van der Waals surface area contributed by atoms with Crippen molar-refractivity contribution in [2.45, 2.75) is 33.1 Å². The van der Waals surface area contributed by atoms with Gasteiger partial charge in [0.1, 0.15) is 5.69 Å². The topological polar surface area (TPSA) is 64.0 Å². The van der Waals surface area contributed by atoms with E-state index >= 15 is 0 Å². The molecule has 0 bridgehead atoms. The van der Waals surface area contributed by atoms with E-state index in [1.807, 2.05) is 31.2 Å². The third-order valence-corrected chi connectivity index (χ3v) is 4.74. The first kappa shape index (κ1) is 19.5. The van der Waals surface area contributed by atoms with Gasteiger partial charge in [0, 0.05) is 29.3 Å². The minimum atomic E-state index is -0.252. The molecule has 0 aliphatic rings. The van der Waals surface area contributed by atoms with Gasteiger partial charge in [-0.25, -0.2) is 0 Å². The van der Waals surface area contributed by atoms with E-state index in [-0.39, 0.29) is 17.1 Å². The molecule has 1 N–H and O–H groups in total. The highest BCUT2D eigenvalue weighted by Gasteiger charge is 2.22. The second-order valence-corrected chi connectivity index (χ2v) is 7.92. The summed E-state index contributed by atoms with van der Waals surface area (Å²) < 4.78 is 1.59. The number of aromatic nitrogens is 2. The van der Waals surface area contributed by atoms with E-state index in [0.29, 0.717) is 22.5 Å². The molecule has 0 fully saturated rings. The number of aryl methyl sites for hydroxylation is 1. The average Bonchev–Trinajstić information content (AvgIpc) is 3.06. The highest BCUT2D eigenvalue weighted by Crippen LogP contribution is 2.24. The van der Waals surface area contributed by atoms with Crippen molar-refractivity contribution in [3.8, 4) is 0 Å². The Morgan fingerprint density at radius 2 is 1.68 bits per heavy atom. The number of anilines is 1. The third kappa shape index (κ3) is 3.88. The first-order valence-electron chi connectivity index (χ1n) is 9.23. The molecule has 2 aromatic carbocycles. The van der Waals surface area contributed by atoms with Gasteiger partial charge in [-0.3, -0.25) is 14.3 Å². The van der Waals surface area contributed by atoms with Gasteiger partial charge < -0.3 is 5.32 Å². The number of amides is 1. The minimum absolute atomic E-state index is 0.0650. The third-order valence-electron chi connectivity index (χ3n) is 4.74. The molecular weight excluding hydrogens is 350 g/mol. The van der Waals surface area contributed by atoms with Crippen LogP contribution >= 0.6 is 0 Å². The molecule has 0 saturated heterocycles. The monoisotopic (exact) mass is 375 g/mol. The number of carbonyl (C=O) groups is 2. The summed E-state index contributed by atoms with van der Waals surface area (Å²) in [7, 11) is 1.76. The van der Waals surface area contributed by atoms with Crippen LogP contribution in [0.15, 0.2) is 54.6 Å². The van der Waals surface area contributed by atoms with Crippen molar-refractivity contribution in [1.82, 2.24) is 9.78 Å². The Morgan fingerprint density at radius 3 is 2.29 bits per heavy atom. The van der Waals surface area contributed by atoms with E-state index in [0.717, 1.165) is 11.3 Å². The fourth-order valence-electron chi connectivity index (χ4n) is 2.99. The van der Waals surface area contributed by atoms with Crippen LogP contribution < -0.4 is 5.32 Å². The molecule has 1 aromatic heterocycles. The van der Waals surface area contributed by atoms with Gasteiger partial charge in [0.2, 0.25) is 0 Å². The Morgan fingerprint density at radius 1 is 1.00 bits per heavy atom. The Balaban J connectivity index is 1.89. The lowest BCUT2D eigenvalue weighted by Crippen LogP contribution is -2.17. The molecule has 144 valence electrons. The summed E-state index contributed by atoms with van der Waals surface area (Å²) in [6.07, 6.45) is 0. The Labute approximate surface area is 165 Å². The normalized spacial score (nSPS) is 11.3. The van der Waals surface area contributed by atoms with Gasteiger partial charge in [0.15, 0.2) is 5.78 Å². The summed E-state index contributed by atoms with van der Waals surface area (Å²) >= 11 is 0. The molecule has 0 saturated carbocycles. The van der Waals surface area contributed by atoms with Crippen LogP contribution in [-0.4, -0.2) is 21.5 Å². The maximum Gasteiger partial charge on any atom is 0.273 e. The van der Waals surface area contributed by atoms with Crippen LogP contribution in [0.2, 0.25) is 0 Å². The summed E-state index contributed by atoms with van der Waals surface area (Å²) in [4.78, 5) is 25.6. The zero-order valence-electron chi connectivity index (χ0n) is 16.9. The standard InChI is InChI=1S/C23H25N3O2/c1-15-17(21(27)16-10-7-6-8-11-16)12-9-13-18(15)24-22(28)19-14-20(23(2,3)4)25-26(19)5/h6-14H,1-5H3,(H,24,28). The molecule has 3 aromatic rings. The number of carbonyl (C=O) groups excluding carboxylic acids is 2. The number of hydrogen-bond acceptors (Lipinski definition) is 3. The molecule has 5 heteroatoms. The van der Waals surface area contributed by atoms with Gasteiger partial charge >= 0.3 is 0 Å². The van der Waals surface area contributed by atoms with Crippen LogP contribution in [0.1, 0.15) is 58.4 Å². The Kier molecular flexibility index (Phi) is 5.18. The van der Waals surface area contributed by atoms with Crippen molar-refractivity contribution in [3.05, 3.63) is 82.7 Å². The van der Waals surface area contributed by atoms with Crippen LogP contribution in [0, 0.1) is 6.92 Å². The number of rotatable bonds is 4. The highest BCUT2D eigenvalue weighted by molar-refractivity contribution is 6.11. The summed E-state index contributed by atoms with van der Waals surface area (Å²) in [5.74, 6) is -0.317. The van der Waals surface area contributed by atoms with Crippen LogP contribution in [0.5, 0.6) is 0 Å². The largest absolute Gasteiger partial charge is 0.320 e. The van der Waals surface area contributed by atoms with Crippen molar-refractivity contribution >= 4 is 17.4 Å². The van der Waals surface area contributed by atoms with E-state index in [9.17, 15) is 9.59 Å². The van der Waals surface area contributed by atoms with E-state index < -0.39 is 0 Å². The van der Waals surface area contributed by atoms with Gasteiger partial charge in [-0.15, -0.1) is 0 Å². The van der Waals surface area contributed by atoms with Crippen molar-refractivity contribution in [3.63, 3.8) is 0 Å². The summed E-state index contributed by atoms with van der Waals surface area (Å²) in [6.45, 7) is 8.01. The number of nitrogens with one attached hydrogen (secondary N) is 1. The lowest BCUT2D eigenvalue weighted by molar-refractivity contribution is 0.101. The smallest absolute Gasteiger partial charge is 0.273 e. The van der Waals surface area contributed by atoms with E-state index in [1.54, 1.807) is 42.1 Å². The van der Waals surface area contributed by atoms with Crippen LogP contribution in [0.4, 0.5) is 5.69 Å². The molecule has 1 heterocycles. The fraction of sp³-hybridized carbons (Fsp3) is 0.261. The predicted molar refractivity (Wildman–Crippen MR) is 111 cm³/mol. The number of ketones is 1. The predicted octanol–water partition coefficient (Wildman–Crippen LogP) is 4.51. The molecule has 1 amide bonds. The minimum Gasteiger partial charge on any atom is -0.320 e. The summed E-state index contributed by atoms with van der Waals surface area (Å²) in [6, 6.07) is 16.3. The van der Waals surface area contributed by atoms with Gasteiger partial charge in [-0.2, -0.15) is 5.10 Å². The molecule has 3 rings (SSSR count). The SMILES string of the molecule is Cc1c(NC(=O)c2cc(C(C)(C)C)nn2C)cccc1C(=O)c1ccccc1. The zero-order chi connectivity index (χ0) is 20.5. The molecule has 5 nitrogen and oxygen atoms in total. The number of nitrogens with zero attached hydrogens (tertiary/aromatic N) is 2. The van der Waals surface area contributed by atoms with Gasteiger partial charge in [-0.05, 0) is 24.6 Å². The molecule has 28 heavy (non-hydrogen) atoms. The Bertz CT molecular complexity index is 1030. The first-order valence-corrected chi connectivity index (χ1v) is 9.23. The van der Waals surface area contributed by atoms with Crippen LogP contribution in [0.3, 0.4) is 0 Å². The quantitative estimate of drug-likeness (QED) is 0.683. The van der Waals surface area contributed by atoms with Gasteiger partial charge in [0.05, 0.1) is 5.69 Å². The number of hydrogen-bond donors (Lipinski definition) is 1. The fourth-order valence-corrected chi connectivity index (χ4v) is 2.99. The highest BCUT2D eigenvalue weighted by atomic mass is 16.2. The summed E-state index contributed by atoms with van der Waals surface area (Å²) in [5.41, 5.74) is 3.73. The summed E-state index contributed by atoms with van der Waals surface area (Å²) in [5, 5.41) is 7.38. The first-order chi connectivity index (χ1) is 13.2. The average molecular weight is 375 g/mol. The maximum absolute atomic E-state index is 12.8. The lowest BCUT2D eigenvalue weighted by atomic mass is 9.92. The van der Waals surface area contributed by atoms with E-state index in [4.69, 9.17) is 0 Å². The van der Waals surface area contributed by atoms with E-state index in [2.05, 4.69) is 31.2 Å². The van der Waals surface area contributed by atoms with E-state index in [1.165, 1.54) is 0 Å².